The standard InChI is InChI=1S/C49H95N2O6P/c1-3-5-7-9-11-13-15-17-19-21-23-24-25-26-28-30-32-34-36-38-40-42-48(52)47(46-57-58(54,55)56-45-44-50)51-49(53)43-41-39-37-35-33-31-29-27-22-20-18-16-14-12-10-8-6-4-2/h20,22,32,34,40,42,47-48,52H,3-19,21,23-31,33,35-39,41,43-46,50H2,1-2H3,(H,51,53)(H,54,55)/b22-20-,34-32+,42-40+. The molecule has 0 aliphatic heterocycles. The maximum atomic E-state index is 12.8. The molecule has 58 heavy (non-hydrogen) atoms. The molecule has 0 aromatic heterocycles. The van der Waals surface area contributed by atoms with Crippen LogP contribution < -0.4 is 11.1 Å². The highest BCUT2D eigenvalue weighted by molar-refractivity contribution is 7.47. The molecule has 0 fully saturated rings. The molecule has 0 saturated heterocycles. The molecular weight excluding hydrogens is 744 g/mol. The van der Waals surface area contributed by atoms with E-state index >= 15 is 0 Å². The van der Waals surface area contributed by atoms with Crippen molar-refractivity contribution < 1.29 is 28.4 Å². The van der Waals surface area contributed by atoms with Crippen molar-refractivity contribution in [2.75, 3.05) is 19.8 Å². The third-order valence-electron chi connectivity index (χ3n) is 10.9. The van der Waals surface area contributed by atoms with Gasteiger partial charge in [-0.05, 0) is 57.8 Å². The Hall–Kier alpha value is -1.28. The summed E-state index contributed by atoms with van der Waals surface area (Å²) in [5, 5.41) is 13.7. The molecule has 1 amide bonds. The van der Waals surface area contributed by atoms with Crippen LogP contribution in [-0.4, -0.2) is 47.8 Å². The Bertz CT molecular complexity index is 1010. The van der Waals surface area contributed by atoms with Gasteiger partial charge in [-0.25, -0.2) is 4.57 Å². The highest BCUT2D eigenvalue weighted by Crippen LogP contribution is 2.43. The van der Waals surface area contributed by atoms with Crippen molar-refractivity contribution in [2.45, 2.75) is 251 Å². The van der Waals surface area contributed by atoms with Crippen LogP contribution >= 0.6 is 7.82 Å². The van der Waals surface area contributed by atoms with Crippen molar-refractivity contribution in [3.05, 3.63) is 36.5 Å². The van der Waals surface area contributed by atoms with Crippen LogP contribution in [0.3, 0.4) is 0 Å². The number of unbranched alkanes of at least 4 members (excludes halogenated alkanes) is 30. The number of amides is 1. The fourth-order valence-electron chi connectivity index (χ4n) is 7.20. The Kier molecular flexibility index (Phi) is 44.3. The fraction of sp³-hybridized carbons (Fsp3) is 0.857. The molecule has 3 unspecified atom stereocenters. The van der Waals surface area contributed by atoms with E-state index in [9.17, 15) is 19.4 Å². The smallest absolute Gasteiger partial charge is 0.387 e. The van der Waals surface area contributed by atoms with E-state index in [1.54, 1.807) is 6.08 Å². The first kappa shape index (κ1) is 56.7. The number of hydrogen-bond donors (Lipinski definition) is 4. The Balaban J connectivity index is 4.18. The average molecular weight is 839 g/mol. The average Bonchev–Trinajstić information content (AvgIpc) is 3.21. The summed E-state index contributed by atoms with van der Waals surface area (Å²) < 4.78 is 22.2. The molecule has 0 aliphatic carbocycles. The van der Waals surface area contributed by atoms with Gasteiger partial charge in [-0.3, -0.25) is 13.8 Å². The number of carbonyl (C=O) groups is 1. The van der Waals surface area contributed by atoms with Crippen molar-refractivity contribution in [3.63, 3.8) is 0 Å². The molecule has 0 aliphatic rings. The number of hydrogen-bond acceptors (Lipinski definition) is 6. The van der Waals surface area contributed by atoms with Gasteiger partial charge in [0.05, 0.1) is 25.4 Å². The third kappa shape index (κ3) is 42.8. The molecule has 0 saturated carbocycles. The number of allylic oxidation sites excluding steroid dienone is 5. The lowest BCUT2D eigenvalue weighted by Gasteiger charge is -2.23. The van der Waals surface area contributed by atoms with Gasteiger partial charge in [-0.1, -0.05) is 211 Å². The summed E-state index contributed by atoms with van der Waals surface area (Å²) in [6.07, 6.45) is 54.9. The van der Waals surface area contributed by atoms with Crippen LogP contribution in [-0.2, 0) is 18.4 Å². The summed E-state index contributed by atoms with van der Waals surface area (Å²) in [6, 6.07) is -0.879. The normalized spacial score (nSPS) is 14.2. The second-order valence-electron chi connectivity index (χ2n) is 16.7. The first-order chi connectivity index (χ1) is 28.4. The van der Waals surface area contributed by atoms with Crippen LogP contribution in [0.2, 0.25) is 0 Å². The summed E-state index contributed by atoms with van der Waals surface area (Å²) in [6.45, 7) is 4.13. The number of aliphatic hydroxyl groups excluding tert-OH is 1. The molecule has 0 heterocycles. The van der Waals surface area contributed by atoms with Crippen LogP contribution in [0.5, 0.6) is 0 Å². The third-order valence-corrected chi connectivity index (χ3v) is 11.9. The predicted octanol–water partition coefficient (Wildman–Crippen LogP) is 14.3. The minimum Gasteiger partial charge on any atom is -0.387 e. The number of rotatable bonds is 46. The molecule has 0 bridgehead atoms. The quantitative estimate of drug-likeness (QED) is 0.0273. The molecule has 0 aromatic rings. The van der Waals surface area contributed by atoms with E-state index in [1.165, 1.54) is 180 Å². The molecule has 342 valence electrons. The Morgan fingerprint density at radius 2 is 0.914 bits per heavy atom. The zero-order chi connectivity index (χ0) is 42.5. The van der Waals surface area contributed by atoms with Gasteiger partial charge < -0.3 is 21.1 Å². The van der Waals surface area contributed by atoms with E-state index in [0.717, 1.165) is 38.5 Å². The van der Waals surface area contributed by atoms with E-state index in [4.69, 9.17) is 14.8 Å². The van der Waals surface area contributed by atoms with Crippen LogP contribution in [0.25, 0.3) is 0 Å². The molecule has 3 atom stereocenters. The van der Waals surface area contributed by atoms with Gasteiger partial charge in [-0.2, -0.15) is 0 Å². The summed E-state index contributed by atoms with van der Waals surface area (Å²) in [4.78, 5) is 22.8. The minimum atomic E-state index is -4.35. The molecular formula is C49H95N2O6P. The lowest BCUT2D eigenvalue weighted by molar-refractivity contribution is -0.123. The van der Waals surface area contributed by atoms with E-state index in [1.807, 2.05) is 6.08 Å². The minimum absolute atomic E-state index is 0.0735. The van der Waals surface area contributed by atoms with E-state index in [-0.39, 0.29) is 25.7 Å². The van der Waals surface area contributed by atoms with Crippen LogP contribution in [0.15, 0.2) is 36.5 Å². The number of nitrogens with one attached hydrogen (secondary N) is 1. The predicted molar refractivity (Wildman–Crippen MR) is 249 cm³/mol. The highest BCUT2D eigenvalue weighted by Gasteiger charge is 2.26. The van der Waals surface area contributed by atoms with Crippen molar-refractivity contribution in [3.8, 4) is 0 Å². The fourth-order valence-corrected chi connectivity index (χ4v) is 7.96. The summed E-state index contributed by atoms with van der Waals surface area (Å²) >= 11 is 0. The topological polar surface area (TPSA) is 131 Å². The molecule has 0 aromatic carbocycles. The lowest BCUT2D eigenvalue weighted by Crippen LogP contribution is -2.45. The number of carbonyl (C=O) groups excluding carboxylic acids is 1. The Morgan fingerprint density at radius 3 is 1.33 bits per heavy atom. The van der Waals surface area contributed by atoms with Crippen molar-refractivity contribution in [1.29, 1.82) is 0 Å². The molecule has 0 rings (SSSR count). The highest BCUT2D eigenvalue weighted by atomic mass is 31.2. The van der Waals surface area contributed by atoms with Crippen LogP contribution in [0.1, 0.15) is 239 Å². The molecule has 5 N–H and O–H groups in total. The van der Waals surface area contributed by atoms with Gasteiger partial charge >= 0.3 is 7.82 Å². The molecule has 8 nitrogen and oxygen atoms in total. The van der Waals surface area contributed by atoms with Crippen LogP contribution in [0.4, 0.5) is 0 Å². The van der Waals surface area contributed by atoms with Gasteiger partial charge in [0.15, 0.2) is 0 Å². The SMILES string of the molecule is CCCCCCCCC/C=C\CCCCCCCCCC(=O)NC(COP(=O)(O)OCCN)C(O)/C=C/CC/C=C/CCCCCCCCCCCCCCCCC. The van der Waals surface area contributed by atoms with E-state index in [0.29, 0.717) is 6.42 Å². The second kappa shape index (κ2) is 45.3. The zero-order valence-corrected chi connectivity index (χ0v) is 38.9. The van der Waals surface area contributed by atoms with Gasteiger partial charge in [0.2, 0.25) is 5.91 Å². The summed E-state index contributed by atoms with van der Waals surface area (Å²) in [7, 11) is -4.35. The maximum Gasteiger partial charge on any atom is 0.472 e. The van der Waals surface area contributed by atoms with Gasteiger partial charge in [0.1, 0.15) is 0 Å². The van der Waals surface area contributed by atoms with E-state index < -0.39 is 20.0 Å². The summed E-state index contributed by atoms with van der Waals surface area (Å²) in [5.41, 5.74) is 5.38. The first-order valence-corrected chi connectivity index (χ1v) is 26.1. The monoisotopic (exact) mass is 839 g/mol. The number of phosphoric acid groups is 1. The zero-order valence-electron chi connectivity index (χ0n) is 38.0. The first-order valence-electron chi connectivity index (χ1n) is 24.6. The number of nitrogens with two attached hydrogens (primary N) is 1. The molecule has 0 spiro atoms. The molecule has 0 radical (unpaired) electrons. The van der Waals surface area contributed by atoms with Gasteiger partial charge in [0, 0.05) is 13.0 Å². The van der Waals surface area contributed by atoms with Gasteiger partial charge in [0.25, 0.3) is 0 Å². The maximum absolute atomic E-state index is 12.8. The van der Waals surface area contributed by atoms with E-state index in [2.05, 4.69) is 43.5 Å². The van der Waals surface area contributed by atoms with Crippen molar-refractivity contribution in [2.24, 2.45) is 5.73 Å². The lowest BCUT2D eigenvalue weighted by atomic mass is 10.0. The number of phosphoric ester groups is 1. The van der Waals surface area contributed by atoms with Gasteiger partial charge in [-0.15, -0.1) is 0 Å². The Morgan fingerprint density at radius 1 is 0.552 bits per heavy atom. The largest absolute Gasteiger partial charge is 0.472 e. The van der Waals surface area contributed by atoms with Crippen molar-refractivity contribution >= 4 is 13.7 Å². The number of aliphatic hydroxyl groups is 1. The Labute approximate surface area is 359 Å². The summed E-state index contributed by atoms with van der Waals surface area (Å²) in [5.74, 6) is -0.207. The van der Waals surface area contributed by atoms with Crippen LogP contribution in [0, 0.1) is 0 Å². The van der Waals surface area contributed by atoms with Crippen molar-refractivity contribution in [1.82, 2.24) is 5.32 Å². The molecule has 9 heteroatoms. The second-order valence-corrected chi connectivity index (χ2v) is 18.1.